The molecule has 0 radical (unpaired) electrons. The third kappa shape index (κ3) is 7.39. The van der Waals surface area contributed by atoms with Crippen LogP contribution >= 0.6 is 27.7 Å². The van der Waals surface area contributed by atoms with Crippen molar-refractivity contribution in [3.8, 4) is 0 Å². The summed E-state index contributed by atoms with van der Waals surface area (Å²) in [7, 11) is 0. The molecule has 31 heavy (non-hydrogen) atoms. The lowest BCUT2D eigenvalue weighted by atomic mass is 10.1. The first-order valence-corrected chi connectivity index (χ1v) is 12.8. The summed E-state index contributed by atoms with van der Waals surface area (Å²) >= 11 is 5.03. The lowest BCUT2D eigenvalue weighted by Crippen LogP contribution is -2.50. The number of carbonyl (C=O) groups is 2. The molecule has 2 amide bonds. The Labute approximate surface area is 198 Å². The van der Waals surface area contributed by atoms with E-state index in [1.165, 1.54) is 11.1 Å². The van der Waals surface area contributed by atoms with E-state index < -0.39 is 6.04 Å². The standard InChI is InChI=1S/C25H31BrN2O2S/c1-18-7-9-20(10-8-18)15-28(19(2)25(30)27-23-5-3-4-6-23)24(29)17-31-16-21-11-13-22(26)14-12-21/h7-14,19,23H,3-6,15-17H2,1-2H3,(H,27,30). The third-order valence-electron chi connectivity index (χ3n) is 5.75. The number of amides is 2. The van der Waals surface area contributed by atoms with E-state index in [4.69, 9.17) is 0 Å². The fourth-order valence-electron chi connectivity index (χ4n) is 3.78. The highest BCUT2D eigenvalue weighted by molar-refractivity contribution is 9.10. The Balaban J connectivity index is 1.64. The van der Waals surface area contributed by atoms with Crippen LogP contribution in [-0.2, 0) is 21.9 Å². The van der Waals surface area contributed by atoms with Gasteiger partial charge in [0, 0.05) is 22.8 Å². The maximum atomic E-state index is 13.2. The largest absolute Gasteiger partial charge is 0.352 e. The highest BCUT2D eigenvalue weighted by atomic mass is 79.9. The molecule has 1 unspecified atom stereocenters. The molecule has 0 saturated heterocycles. The number of halogens is 1. The van der Waals surface area contributed by atoms with Gasteiger partial charge in [-0.1, -0.05) is 70.7 Å². The van der Waals surface area contributed by atoms with E-state index in [1.54, 1.807) is 16.7 Å². The zero-order valence-electron chi connectivity index (χ0n) is 18.3. The summed E-state index contributed by atoms with van der Waals surface area (Å²) < 4.78 is 1.05. The van der Waals surface area contributed by atoms with Gasteiger partial charge in [0.25, 0.3) is 0 Å². The Morgan fingerprint density at radius 1 is 1.06 bits per heavy atom. The number of nitrogens with zero attached hydrogens (tertiary/aromatic N) is 1. The number of hydrogen-bond donors (Lipinski definition) is 1. The normalized spacial score (nSPS) is 14.9. The van der Waals surface area contributed by atoms with Crippen molar-refractivity contribution in [3.05, 3.63) is 69.7 Å². The van der Waals surface area contributed by atoms with Crippen molar-refractivity contribution < 1.29 is 9.59 Å². The first-order chi connectivity index (χ1) is 14.9. The van der Waals surface area contributed by atoms with Gasteiger partial charge in [-0.3, -0.25) is 9.59 Å². The Kier molecular flexibility index (Phi) is 9.02. The van der Waals surface area contributed by atoms with Crippen LogP contribution in [0, 0.1) is 6.92 Å². The molecular weight excluding hydrogens is 472 g/mol. The number of thioether (sulfide) groups is 1. The summed E-state index contributed by atoms with van der Waals surface area (Å²) in [5, 5.41) is 3.15. The molecule has 3 rings (SSSR count). The molecule has 6 heteroatoms. The molecule has 2 aromatic carbocycles. The monoisotopic (exact) mass is 502 g/mol. The van der Waals surface area contributed by atoms with Gasteiger partial charge in [0.15, 0.2) is 0 Å². The summed E-state index contributed by atoms with van der Waals surface area (Å²) in [6.45, 7) is 4.33. The van der Waals surface area contributed by atoms with Crippen LogP contribution in [0.3, 0.4) is 0 Å². The van der Waals surface area contributed by atoms with E-state index >= 15 is 0 Å². The van der Waals surface area contributed by atoms with Crippen LogP contribution in [0.2, 0.25) is 0 Å². The first-order valence-electron chi connectivity index (χ1n) is 10.9. The molecule has 1 fully saturated rings. The predicted molar refractivity (Wildman–Crippen MR) is 132 cm³/mol. The molecule has 1 atom stereocenters. The average Bonchev–Trinajstić information content (AvgIpc) is 3.27. The maximum Gasteiger partial charge on any atom is 0.242 e. The number of carbonyl (C=O) groups excluding carboxylic acids is 2. The fraction of sp³-hybridized carbons (Fsp3) is 0.440. The molecular formula is C25H31BrN2O2S. The van der Waals surface area contributed by atoms with Crippen molar-refractivity contribution in [2.75, 3.05) is 5.75 Å². The smallest absolute Gasteiger partial charge is 0.242 e. The summed E-state index contributed by atoms with van der Waals surface area (Å²) in [4.78, 5) is 27.8. The topological polar surface area (TPSA) is 49.4 Å². The van der Waals surface area contributed by atoms with Gasteiger partial charge >= 0.3 is 0 Å². The Bertz CT molecular complexity index is 864. The number of rotatable bonds is 9. The number of nitrogens with one attached hydrogen (secondary N) is 1. The van der Waals surface area contributed by atoms with Crippen molar-refractivity contribution in [2.45, 2.75) is 63.9 Å². The summed E-state index contributed by atoms with van der Waals surface area (Å²) in [5.74, 6) is 1.06. The summed E-state index contributed by atoms with van der Waals surface area (Å²) in [6.07, 6.45) is 4.40. The number of hydrogen-bond acceptors (Lipinski definition) is 3. The van der Waals surface area contributed by atoms with Crippen molar-refractivity contribution in [3.63, 3.8) is 0 Å². The lowest BCUT2D eigenvalue weighted by Gasteiger charge is -2.29. The van der Waals surface area contributed by atoms with E-state index in [1.807, 2.05) is 50.2 Å². The quantitative estimate of drug-likeness (QED) is 0.494. The molecule has 1 aliphatic carbocycles. The molecule has 0 aliphatic heterocycles. The molecule has 0 heterocycles. The van der Waals surface area contributed by atoms with Crippen LogP contribution in [0.4, 0.5) is 0 Å². The average molecular weight is 504 g/mol. The van der Waals surface area contributed by atoms with Crippen LogP contribution in [-0.4, -0.2) is 34.6 Å². The SMILES string of the molecule is Cc1ccc(CN(C(=O)CSCc2ccc(Br)cc2)C(C)C(=O)NC2CCCC2)cc1. The minimum absolute atomic E-state index is 0.00300. The molecule has 2 aromatic rings. The fourth-order valence-corrected chi connectivity index (χ4v) is 4.92. The van der Waals surface area contributed by atoms with Crippen LogP contribution in [0.5, 0.6) is 0 Å². The zero-order valence-corrected chi connectivity index (χ0v) is 20.7. The van der Waals surface area contributed by atoms with Crippen molar-refractivity contribution in [1.82, 2.24) is 10.2 Å². The molecule has 0 bridgehead atoms. The second kappa shape index (κ2) is 11.7. The first kappa shape index (κ1) is 23.9. The zero-order chi connectivity index (χ0) is 22.2. The van der Waals surface area contributed by atoms with E-state index in [2.05, 4.69) is 33.4 Å². The Hall–Kier alpha value is -1.79. The van der Waals surface area contributed by atoms with Crippen molar-refractivity contribution in [2.24, 2.45) is 0 Å². The molecule has 1 aliphatic rings. The lowest BCUT2D eigenvalue weighted by molar-refractivity contribution is -0.138. The Morgan fingerprint density at radius 3 is 2.32 bits per heavy atom. The Morgan fingerprint density at radius 2 is 1.68 bits per heavy atom. The molecule has 0 spiro atoms. The second-order valence-corrected chi connectivity index (χ2v) is 10.2. The highest BCUT2D eigenvalue weighted by Crippen LogP contribution is 2.20. The predicted octanol–water partition coefficient (Wildman–Crippen LogP) is 5.47. The summed E-state index contributed by atoms with van der Waals surface area (Å²) in [6, 6.07) is 16.0. The van der Waals surface area contributed by atoms with Gasteiger partial charge in [0.2, 0.25) is 11.8 Å². The molecule has 166 valence electrons. The molecule has 0 aromatic heterocycles. The van der Waals surface area contributed by atoms with Gasteiger partial charge in [0.05, 0.1) is 5.75 Å². The minimum atomic E-state index is -0.498. The van der Waals surface area contributed by atoms with Crippen LogP contribution in [0.25, 0.3) is 0 Å². The molecule has 1 saturated carbocycles. The van der Waals surface area contributed by atoms with Gasteiger partial charge in [0.1, 0.15) is 6.04 Å². The third-order valence-corrected chi connectivity index (χ3v) is 7.27. The maximum absolute atomic E-state index is 13.2. The van der Waals surface area contributed by atoms with Crippen LogP contribution in [0.1, 0.15) is 49.3 Å². The van der Waals surface area contributed by atoms with Gasteiger partial charge in [-0.2, -0.15) is 0 Å². The number of aryl methyl sites for hydroxylation is 1. The van der Waals surface area contributed by atoms with Crippen LogP contribution < -0.4 is 5.32 Å². The van der Waals surface area contributed by atoms with E-state index in [-0.39, 0.29) is 17.9 Å². The second-order valence-electron chi connectivity index (χ2n) is 8.29. The van der Waals surface area contributed by atoms with Gasteiger partial charge in [-0.15, -0.1) is 11.8 Å². The van der Waals surface area contributed by atoms with Gasteiger partial charge < -0.3 is 10.2 Å². The van der Waals surface area contributed by atoms with E-state index in [0.29, 0.717) is 12.3 Å². The van der Waals surface area contributed by atoms with Gasteiger partial charge in [-0.05, 0) is 49.9 Å². The number of benzene rings is 2. The minimum Gasteiger partial charge on any atom is -0.352 e. The molecule has 4 nitrogen and oxygen atoms in total. The van der Waals surface area contributed by atoms with Crippen molar-refractivity contribution >= 4 is 39.5 Å². The van der Waals surface area contributed by atoms with Gasteiger partial charge in [-0.25, -0.2) is 0 Å². The van der Waals surface area contributed by atoms with E-state index in [0.717, 1.165) is 41.5 Å². The molecule has 1 N–H and O–H groups in total. The summed E-state index contributed by atoms with van der Waals surface area (Å²) in [5.41, 5.74) is 3.40. The van der Waals surface area contributed by atoms with Crippen molar-refractivity contribution in [1.29, 1.82) is 0 Å². The van der Waals surface area contributed by atoms with E-state index in [9.17, 15) is 9.59 Å². The van der Waals surface area contributed by atoms with Crippen LogP contribution in [0.15, 0.2) is 53.0 Å². The highest BCUT2D eigenvalue weighted by Gasteiger charge is 2.28.